The molecule has 0 saturated heterocycles. The molecule has 4 heteroatoms. The molecular weight excluding hydrogens is 252 g/mol. The third-order valence-corrected chi connectivity index (χ3v) is 2.86. The Hall–Kier alpha value is -1.84. The highest BCUT2D eigenvalue weighted by Gasteiger charge is 2.20. The van der Waals surface area contributed by atoms with Crippen LogP contribution in [0.2, 0.25) is 0 Å². The lowest BCUT2D eigenvalue weighted by atomic mass is 10.1. The number of nitrogens with one attached hydrogen (secondary N) is 2. The maximum absolute atomic E-state index is 12.2. The van der Waals surface area contributed by atoms with E-state index in [1.54, 1.807) is 0 Å². The molecule has 1 aromatic carbocycles. The van der Waals surface area contributed by atoms with Crippen molar-refractivity contribution in [2.45, 2.75) is 46.1 Å². The molecule has 0 fully saturated rings. The molecule has 0 aliphatic heterocycles. The van der Waals surface area contributed by atoms with E-state index in [2.05, 4.69) is 10.6 Å². The molecule has 0 spiro atoms. The number of carbonyl (C=O) groups excluding carboxylic acids is 2. The number of anilines is 1. The molecule has 4 nitrogen and oxygen atoms in total. The molecule has 20 heavy (non-hydrogen) atoms. The Balaban J connectivity index is 2.60. The molecule has 0 aliphatic rings. The SMILES string of the molecule is CCCC(NC(=O)CC(C)C)C(=O)Nc1ccccc1. The Bertz CT molecular complexity index is 429. The highest BCUT2D eigenvalue weighted by molar-refractivity contribution is 5.97. The van der Waals surface area contributed by atoms with Gasteiger partial charge in [0.15, 0.2) is 0 Å². The summed E-state index contributed by atoms with van der Waals surface area (Å²) in [5.41, 5.74) is 0.747. The number of para-hydroxylation sites is 1. The smallest absolute Gasteiger partial charge is 0.246 e. The van der Waals surface area contributed by atoms with Gasteiger partial charge in [0.1, 0.15) is 6.04 Å². The van der Waals surface area contributed by atoms with Crippen molar-refractivity contribution in [2.24, 2.45) is 5.92 Å². The van der Waals surface area contributed by atoms with E-state index in [4.69, 9.17) is 0 Å². The summed E-state index contributed by atoms with van der Waals surface area (Å²) in [6.07, 6.45) is 1.93. The third-order valence-electron chi connectivity index (χ3n) is 2.86. The fraction of sp³-hybridized carbons (Fsp3) is 0.500. The second-order valence-electron chi connectivity index (χ2n) is 5.36. The highest BCUT2D eigenvalue weighted by Crippen LogP contribution is 2.08. The van der Waals surface area contributed by atoms with Crippen LogP contribution >= 0.6 is 0 Å². The van der Waals surface area contributed by atoms with Crippen LogP contribution in [0.4, 0.5) is 5.69 Å². The molecule has 2 N–H and O–H groups in total. The number of benzene rings is 1. The molecule has 1 unspecified atom stereocenters. The van der Waals surface area contributed by atoms with E-state index < -0.39 is 6.04 Å². The zero-order valence-corrected chi connectivity index (χ0v) is 12.5. The first kappa shape index (κ1) is 16.2. The molecule has 1 rings (SSSR count). The first-order chi connectivity index (χ1) is 9.52. The molecule has 1 aromatic rings. The minimum absolute atomic E-state index is 0.0679. The van der Waals surface area contributed by atoms with Gasteiger partial charge in [-0.25, -0.2) is 0 Å². The molecule has 0 bridgehead atoms. The lowest BCUT2D eigenvalue weighted by Crippen LogP contribution is -2.44. The number of hydrogen-bond donors (Lipinski definition) is 2. The van der Waals surface area contributed by atoms with Crippen molar-refractivity contribution in [1.82, 2.24) is 5.32 Å². The first-order valence-electron chi connectivity index (χ1n) is 7.18. The Labute approximate surface area is 121 Å². The Morgan fingerprint density at radius 2 is 1.80 bits per heavy atom. The van der Waals surface area contributed by atoms with Gasteiger partial charge in [0.05, 0.1) is 0 Å². The van der Waals surface area contributed by atoms with E-state index in [9.17, 15) is 9.59 Å². The van der Waals surface area contributed by atoms with E-state index >= 15 is 0 Å². The van der Waals surface area contributed by atoms with Crippen molar-refractivity contribution in [1.29, 1.82) is 0 Å². The van der Waals surface area contributed by atoms with E-state index in [0.29, 0.717) is 12.8 Å². The summed E-state index contributed by atoms with van der Waals surface area (Å²) in [5, 5.41) is 5.65. The van der Waals surface area contributed by atoms with Gasteiger partial charge in [-0.15, -0.1) is 0 Å². The first-order valence-corrected chi connectivity index (χ1v) is 7.18. The van der Waals surface area contributed by atoms with Gasteiger partial charge >= 0.3 is 0 Å². The number of carbonyl (C=O) groups is 2. The Morgan fingerprint density at radius 3 is 2.35 bits per heavy atom. The lowest BCUT2D eigenvalue weighted by Gasteiger charge is -2.18. The quantitative estimate of drug-likeness (QED) is 0.804. The predicted molar refractivity (Wildman–Crippen MR) is 81.4 cm³/mol. The normalized spacial score (nSPS) is 12.0. The van der Waals surface area contributed by atoms with Crippen LogP contribution in [0.5, 0.6) is 0 Å². The van der Waals surface area contributed by atoms with Gasteiger partial charge in [-0.1, -0.05) is 45.4 Å². The summed E-state index contributed by atoms with van der Waals surface area (Å²) >= 11 is 0. The molecule has 0 radical (unpaired) electrons. The van der Waals surface area contributed by atoms with Gasteiger partial charge in [0.25, 0.3) is 0 Å². The van der Waals surface area contributed by atoms with Crippen molar-refractivity contribution in [2.75, 3.05) is 5.32 Å². The molecule has 1 atom stereocenters. The second kappa shape index (κ2) is 8.35. The molecule has 0 aliphatic carbocycles. The fourth-order valence-corrected chi connectivity index (χ4v) is 1.93. The van der Waals surface area contributed by atoms with E-state index in [1.807, 2.05) is 51.1 Å². The zero-order chi connectivity index (χ0) is 15.0. The zero-order valence-electron chi connectivity index (χ0n) is 12.5. The van der Waals surface area contributed by atoms with Crippen molar-refractivity contribution in [3.05, 3.63) is 30.3 Å². The monoisotopic (exact) mass is 276 g/mol. The van der Waals surface area contributed by atoms with Gasteiger partial charge in [-0.05, 0) is 24.5 Å². The maximum Gasteiger partial charge on any atom is 0.246 e. The summed E-state index contributed by atoms with van der Waals surface area (Å²) in [6.45, 7) is 5.97. The van der Waals surface area contributed by atoms with Crippen LogP contribution in [-0.4, -0.2) is 17.9 Å². The predicted octanol–water partition coefficient (Wildman–Crippen LogP) is 2.96. The average Bonchev–Trinajstić information content (AvgIpc) is 2.38. The molecule has 0 aromatic heterocycles. The lowest BCUT2D eigenvalue weighted by molar-refractivity contribution is -0.127. The van der Waals surface area contributed by atoms with Gasteiger partial charge < -0.3 is 10.6 Å². The summed E-state index contributed by atoms with van der Waals surface area (Å²) in [4.78, 5) is 24.0. The van der Waals surface area contributed by atoms with Crippen LogP contribution in [0.1, 0.15) is 40.0 Å². The van der Waals surface area contributed by atoms with Crippen molar-refractivity contribution in [3.63, 3.8) is 0 Å². The van der Waals surface area contributed by atoms with Crippen molar-refractivity contribution in [3.8, 4) is 0 Å². The third kappa shape index (κ3) is 5.87. The van der Waals surface area contributed by atoms with E-state index in [-0.39, 0.29) is 17.7 Å². The van der Waals surface area contributed by atoms with Crippen LogP contribution in [0, 0.1) is 5.92 Å². The minimum atomic E-state index is -0.466. The standard InChI is InChI=1S/C16H24N2O2/c1-4-8-14(18-15(19)11-12(2)3)16(20)17-13-9-6-5-7-10-13/h5-7,9-10,12,14H,4,8,11H2,1-3H3,(H,17,20)(H,18,19). The van der Waals surface area contributed by atoms with Crippen molar-refractivity contribution >= 4 is 17.5 Å². The topological polar surface area (TPSA) is 58.2 Å². The van der Waals surface area contributed by atoms with E-state index in [1.165, 1.54) is 0 Å². The summed E-state index contributed by atoms with van der Waals surface area (Å²) in [6, 6.07) is 8.81. The highest BCUT2D eigenvalue weighted by atomic mass is 16.2. The Kier molecular flexibility index (Phi) is 6.77. The van der Waals surface area contributed by atoms with Crippen LogP contribution in [0.3, 0.4) is 0 Å². The summed E-state index contributed by atoms with van der Waals surface area (Å²) < 4.78 is 0. The number of rotatable bonds is 7. The minimum Gasteiger partial charge on any atom is -0.344 e. The molecule has 0 heterocycles. The van der Waals surface area contributed by atoms with Crippen molar-refractivity contribution < 1.29 is 9.59 Å². The Morgan fingerprint density at radius 1 is 1.15 bits per heavy atom. The van der Waals surface area contributed by atoms with Gasteiger partial charge in [0, 0.05) is 12.1 Å². The van der Waals surface area contributed by atoms with Crippen LogP contribution in [0.15, 0.2) is 30.3 Å². The maximum atomic E-state index is 12.2. The molecule has 0 saturated carbocycles. The van der Waals surface area contributed by atoms with E-state index in [0.717, 1.165) is 12.1 Å². The van der Waals surface area contributed by atoms with Gasteiger partial charge in [-0.2, -0.15) is 0 Å². The number of hydrogen-bond acceptors (Lipinski definition) is 2. The summed E-state index contributed by atoms with van der Waals surface area (Å²) in [7, 11) is 0. The van der Waals surface area contributed by atoms with Crippen LogP contribution < -0.4 is 10.6 Å². The number of amides is 2. The average molecular weight is 276 g/mol. The molecule has 2 amide bonds. The summed E-state index contributed by atoms with van der Waals surface area (Å²) in [5.74, 6) is 0.0614. The van der Waals surface area contributed by atoms with Gasteiger partial charge in [-0.3, -0.25) is 9.59 Å². The van der Waals surface area contributed by atoms with Crippen LogP contribution in [-0.2, 0) is 9.59 Å². The molecular formula is C16H24N2O2. The van der Waals surface area contributed by atoms with Crippen LogP contribution in [0.25, 0.3) is 0 Å². The largest absolute Gasteiger partial charge is 0.344 e. The van der Waals surface area contributed by atoms with Gasteiger partial charge in [0.2, 0.25) is 11.8 Å². The fourth-order valence-electron chi connectivity index (χ4n) is 1.93. The molecule has 110 valence electrons. The second-order valence-corrected chi connectivity index (χ2v) is 5.36.